The van der Waals surface area contributed by atoms with Crippen molar-refractivity contribution in [1.82, 2.24) is 4.98 Å². The van der Waals surface area contributed by atoms with E-state index < -0.39 is 0 Å². The first-order valence-corrected chi connectivity index (χ1v) is 8.56. The van der Waals surface area contributed by atoms with Crippen molar-refractivity contribution in [1.29, 1.82) is 0 Å². The van der Waals surface area contributed by atoms with Gasteiger partial charge in [0.1, 0.15) is 16.2 Å². The summed E-state index contributed by atoms with van der Waals surface area (Å²) in [6.45, 7) is 0. The summed E-state index contributed by atoms with van der Waals surface area (Å²) in [5, 5.41) is 3.78. The predicted octanol–water partition coefficient (Wildman–Crippen LogP) is 4.43. The van der Waals surface area contributed by atoms with Crippen LogP contribution in [0.3, 0.4) is 0 Å². The number of nitrogens with two attached hydrogens (primary N) is 1. The molecule has 0 unspecified atom stereocenters. The first-order chi connectivity index (χ1) is 12.1. The zero-order valence-corrected chi connectivity index (χ0v) is 15.8. The lowest BCUT2D eigenvalue weighted by atomic mass is 9.97. The molecule has 0 amide bonds. The second-order valence-electron chi connectivity index (χ2n) is 5.64. The number of ether oxygens (including phenoxy) is 2. The number of methoxy groups -OCH3 is 2. The molecule has 0 radical (unpaired) electrons. The second kappa shape index (κ2) is 6.90. The van der Waals surface area contributed by atoms with Crippen molar-refractivity contribution in [2.45, 2.75) is 0 Å². The molecule has 0 aliphatic carbocycles. The highest BCUT2D eigenvalue weighted by Crippen LogP contribution is 2.41. The summed E-state index contributed by atoms with van der Waals surface area (Å²) < 4.78 is 11.7. The Labute approximate surface area is 159 Å². The van der Waals surface area contributed by atoms with E-state index in [0.29, 0.717) is 16.1 Å². The molecule has 7 heteroatoms. The Hall–Kier alpha value is -2.70. The van der Waals surface area contributed by atoms with Gasteiger partial charge in [-0.25, -0.2) is 0 Å². The minimum absolute atomic E-state index is 0. The van der Waals surface area contributed by atoms with Crippen molar-refractivity contribution in [2.75, 3.05) is 20.0 Å². The van der Waals surface area contributed by atoms with Gasteiger partial charge < -0.3 is 20.2 Å². The first-order valence-electron chi connectivity index (χ1n) is 7.68. The number of fused-ring (bicyclic) bond motifs is 3. The number of pyridine rings is 1. The number of hydrogen-bond acceptors (Lipinski definition) is 5. The molecule has 2 aromatic heterocycles. The molecule has 5 nitrogen and oxygen atoms in total. The molecule has 0 aliphatic heterocycles. The van der Waals surface area contributed by atoms with E-state index in [1.54, 1.807) is 14.2 Å². The summed E-state index contributed by atoms with van der Waals surface area (Å²) in [5.74, 6) is 1.32. The van der Waals surface area contributed by atoms with E-state index >= 15 is 0 Å². The molecule has 3 N–H and O–H groups in total. The van der Waals surface area contributed by atoms with E-state index in [1.165, 1.54) is 11.3 Å². The smallest absolute Gasteiger partial charge is 0.266 e. The molecule has 0 atom stereocenters. The summed E-state index contributed by atoms with van der Waals surface area (Å²) in [5.41, 5.74) is 9.02. The maximum atomic E-state index is 12.3. The van der Waals surface area contributed by atoms with Crippen LogP contribution in [0.4, 0.5) is 5.69 Å². The highest BCUT2D eigenvalue weighted by atomic mass is 35.5. The van der Waals surface area contributed by atoms with Gasteiger partial charge in [-0.1, -0.05) is 6.07 Å². The molecule has 26 heavy (non-hydrogen) atoms. The third-order valence-corrected chi connectivity index (χ3v) is 5.21. The third kappa shape index (κ3) is 2.67. The van der Waals surface area contributed by atoms with Gasteiger partial charge in [-0.15, -0.1) is 23.7 Å². The largest absolute Gasteiger partial charge is 0.496 e. The van der Waals surface area contributed by atoms with Gasteiger partial charge in [0.25, 0.3) is 5.56 Å². The van der Waals surface area contributed by atoms with Crippen LogP contribution in [0.5, 0.6) is 11.5 Å². The first kappa shape index (κ1) is 18.1. The van der Waals surface area contributed by atoms with Crippen LogP contribution in [0.1, 0.15) is 0 Å². The van der Waals surface area contributed by atoms with Crippen molar-refractivity contribution >= 4 is 50.4 Å². The fourth-order valence-electron chi connectivity index (χ4n) is 3.15. The van der Waals surface area contributed by atoms with Gasteiger partial charge in [0, 0.05) is 21.9 Å². The number of aromatic nitrogens is 1. The van der Waals surface area contributed by atoms with Crippen LogP contribution in [0.15, 0.2) is 46.6 Å². The lowest BCUT2D eigenvalue weighted by molar-refractivity contribution is 0.415. The minimum atomic E-state index is -0.0801. The maximum absolute atomic E-state index is 12.3. The summed E-state index contributed by atoms with van der Waals surface area (Å²) in [7, 11) is 3.22. The average molecular weight is 389 g/mol. The van der Waals surface area contributed by atoms with E-state index in [4.69, 9.17) is 15.2 Å². The van der Waals surface area contributed by atoms with E-state index in [2.05, 4.69) is 4.98 Å². The standard InChI is InChI=1S/C19H16N2O3S.ClH/c1-23-14-6-5-13-17(11-7-8-25-18(11)19(22)21-13)16(14)10-3-4-12(20)15(9-10)24-2;/h3-9H,20H2,1-2H3,(H,21,22);1H. The second-order valence-corrected chi connectivity index (χ2v) is 6.56. The Balaban J connectivity index is 0.00000196. The van der Waals surface area contributed by atoms with Gasteiger partial charge in [-0.05, 0) is 41.3 Å². The van der Waals surface area contributed by atoms with Gasteiger partial charge in [-0.2, -0.15) is 0 Å². The van der Waals surface area contributed by atoms with E-state index in [-0.39, 0.29) is 18.0 Å². The van der Waals surface area contributed by atoms with Crippen LogP contribution < -0.4 is 20.8 Å². The molecular weight excluding hydrogens is 372 g/mol. The molecule has 2 aromatic carbocycles. The van der Waals surface area contributed by atoms with Crippen molar-refractivity contribution in [2.24, 2.45) is 0 Å². The Kier molecular flexibility index (Phi) is 4.80. The van der Waals surface area contributed by atoms with Crippen LogP contribution in [0.2, 0.25) is 0 Å². The molecule has 2 heterocycles. The van der Waals surface area contributed by atoms with Crippen molar-refractivity contribution in [3.8, 4) is 22.6 Å². The Morgan fingerprint density at radius 2 is 1.81 bits per heavy atom. The fourth-order valence-corrected chi connectivity index (χ4v) is 3.95. The van der Waals surface area contributed by atoms with Crippen LogP contribution in [-0.2, 0) is 0 Å². The molecule has 0 saturated heterocycles. The maximum Gasteiger partial charge on any atom is 0.266 e. The number of thiophene rings is 1. The number of nitrogens with one attached hydrogen (secondary N) is 1. The van der Waals surface area contributed by atoms with Gasteiger partial charge in [0.05, 0.1) is 19.9 Å². The van der Waals surface area contributed by atoms with Crippen molar-refractivity contribution < 1.29 is 9.47 Å². The average Bonchev–Trinajstić information content (AvgIpc) is 3.12. The quantitative estimate of drug-likeness (QED) is 0.509. The summed E-state index contributed by atoms with van der Waals surface area (Å²) in [6, 6.07) is 11.3. The van der Waals surface area contributed by atoms with Gasteiger partial charge in [-0.3, -0.25) is 4.79 Å². The Morgan fingerprint density at radius 1 is 1.04 bits per heavy atom. The molecule has 0 bridgehead atoms. The normalized spacial score (nSPS) is 10.7. The zero-order chi connectivity index (χ0) is 17.6. The van der Waals surface area contributed by atoms with Crippen LogP contribution >= 0.6 is 23.7 Å². The molecular formula is C19H17ClN2O3S. The molecule has 0 aliphatic rings. The highest BCUT2D eigenvalue weighted by molar-refractivity contribution is 7.17. The van der Waals surface area contributed by atoms with Crippen LogP contribution in [0, 0.1) is 0 Å². The van der Waals surface area contributed by atoms with Gasteiger partial charge in [0.15, 0.2) is 0 Å². The van der Waals surface area contributed by atoms with Crippen molar-refractivity contribution in [3.63, 3.8) is 0 Å². The molecule has 0 spiro atoms. The topological polar surface area (TPSA) is 77.3 Å². The van der Waals surface area contributed by atoms with Gasteiger partial charge in [0.2, 0.25) is 0 Å². The van der Waals surface area contributed by atoms with E-state index in [1.807, 2.05) is 41.8 Å². The predicted molar refractivity (Wildman–Crippen MR) is 110 cm³/mol. The highest BCUT2D eigenvalue weighted by Gasteiger charge is 2.17. The number of H-pyrrole nitrogens is 1. The fraction of sp³-hybridized carbons (Fsp3) is 0.105. The SMILES string of the molecule is COc1cc(-c2c(OC)ccc3[nH]c(=O)c4sccc4c23)ccc1N.Cl. The Bertz CT molecular complexity index is 1170. The van der Waals surface area contributed by atoms with E-state index in [0.717, 1.165) is 33.2 Å². The number of benzene rings is 2. The summed E-state index contributed by atoms with van der Waals surface area (Å²) >= 11 is 1.43. The van der Waals surface area contributed by atoms with Crippen LogP contribution in [-0.4, -0.2) is 19.2 Å². The number of rotatable bonds is 3. The summed E-state index contributed by atoms with van der Waals surface area (Å²) in [4.78, 5) is 15.3. The number of aromatic amines is 1. The number of nitrogen functional groups attached to an aromatic ring is 1. The molecule has 0 fully saturated rings. The minimum Gasteiger partial charge on any atom is -0.496 e. The monoisotopic (exact) mass is 388 g/mol. The number of anilines is 1. The zero-order valence-electron chi connectivity index (χ0n) is 14.2. The third-order valence-electron chi connectivity index (χ3n) is 4.30. The van der Waals surface area contributed by atoms with Gasteiger partial charge >= 0.3 is 0 Å². The Morgan fingerprint density at radius 3 is 2.54 bits per heavy atom. The van der Waals surface area contributed by atoms with Crippen molar-refractivity contribution in [3.05, 3.63) is 52.1 Å². The lowest BCUT2D eigenvalue weighted by Crippen LogP contribution is -2.05. The molecule has 4 rings (SSSR count). The lowest BCUT2D eigenvalue weighted by Gasteiger charge is -2.15. The molecule has 0 saturated carbocycles. The molecule has 4 aromatic rings. The summed E-state index contributed by atoms with van der Waals surface area (Å²) in [6.07, 6.45) is 0. The number of hydrogen-bond donors (Lipinski definition) is 2. The number of halogens is 1. The van der Waals surface area contributed by atoms with E-state index in [9.17, 15) is 4.79 Å². The van der Waals surface area contributed by atoms with Crippen LogP contribution in [0.25, 0.3) is 32.1 Å². The molecule has 134 valence electrons.